The number of nitrogen functional groups attached to an aromatic ring is 1. The Kier molecular flexibility index (Phi) is 8.35. The van der Waals surface area contributed by atoms with Crippen LogP contribution in [0.1, 0.15) is 47.5 Å². The number of nitrogens with zero attached hydrogens (tertiary/aromatic N) is 1. The number of aromatic nitrogens is 1. The summed E-state index contributed by atoms with van der Waals surface area (Å²) in [6.45, 7) is 0.643. The number of Topliss-reactive ketones (excluding diaryl/α,β-unsaturated/α-hetero) is 1. The summed E-state index contributed by atoms with van der Waals surface area (Å²) in [6.07, 6.45) is 3.45. The molecule has 1 unspecified atom stereocenters. The number of sulfonamides is 1. The van der Waals surface area contributed by atoms with Crippen molar-refractivity contribution in [1.29, 1.82) is 5.41 Å². The summed E-state index contributed by atoms with van der Waals surface area (Å²) in [7, 11) is -3.86. The molecule has 2 aromatic carbocycles. The average Bonchev–Trinajstić information content (AvgIpc) is 3.60. The third-order valence-electron chi connectivity index (χ3n) is 6.29. The topological polar surface area (TPSA) is 180 Å². The largest absolute Gasteiger partial charge is 0.445 e. The van der Waals surface area contributed by atoms with Crippen molar-refractivity contribution in [2.45, 2.75) is 36.9 Å². The lowest BCUT2D eigenvalue weighted by molar-refractivity contribution is -0.130. The zero-order valence-electron chi connectivity index (χ0n) is 20.8. The summed E-state index contributed by atoms with van der Waals surface area (Å²) < 4.78 is 32.8. The number of rotatable bonds is 11. The molecule has 0 bridgehead atoms. The first-order chi connectivity index (χ1) is 18.1. The Hall–Kier alpha value is -3.87. The Morgan fingerprint density at radius 1 is 1.11 bits per heavy atom. The maximum absolute atomic E-state index is 13.9. The molecule has 0 radical (unpaired) electrons. The van der Waals surface area contributed by atoms with Crippen molar-refractivity contribution in [3.05, 3.63) is 89.6 Å². The van der Waals surface area contributed by atoms with Crippen LogP contribution in [0.15, 0.2) is 71.3 Å². The highest BCUT2D eigenvalue weighted by Crippen LogP contribution is 2.30. The number of oxazole rings is 1. The van der Waals surface area contributed by atoms with Crippen molar-refractivity contribution in [2.24, 2.45) is 5.73 Å². The SMILES string of the molecule is CS(=O)(=O)N[C@@H](C(=O)NC(C(=O)[C@@H]1CCCN1)c1nc(C(=N)N)co1)C(c1ccccc1)c1ccccc1. The summed E-state index contributed by atoms with van der Waals surface area (Å²) in [5.41, 5.74) is 6.93. The number of carbonyl (C=O) groups excluding carboxylic acids is 2. The summed E-state index contributed by atoms with van der Waals surface area (Å²) in [4.78, 5) is 31.5. The summed E-state index contributed by atoms with van der Waals surface area (Å²) in [5.74, 6) is -2.35. The smallest absolute Gasteiger partial charge is 0.240 e. The lowest BCUT2D eigenvalue weighted by Gasteiger charge is -2.29. The van der Waals surface area contributed by atoms with Gasteiger partial charge in [0.15, 0.2) is 11.8 Å². The highest BCUT2D eigenvalue weighted by atomic mass is 32.2. The van der Waals surface area contributed by atoms with Gasteiger partial charge in [0.1, 0.15) is 23.8 Å². The minimum atomic E-state index is -3.86. The van der Waals surface area contributed by atoms with E-state index in [4.69, 9.17) is 15.6 Å². The highest BCUT2D eigenvalue weighted by Gasteiger charge is 2.39. The first kappa shape index (κ1) is 27.2. The van der Waals surface area contributed by atoms with Crippen LogP contribution in [0.4, 0.5) is 0 Å². The third kappa shape index (κ3) is 6.52. The summed E-state index contributed by atoms with van der Waals surface area (Å²) in [6, 6.07) is 14.9. The number of hydrogen-bond acceptors (Lipinski definition) is 8. The van der Waals surface area contributed by atoms with Crippen LogP contribution in [0.3, 0.4) is 0 Å². The predicted molar refractivity (Wildman–Crippen MR) is 141 cm³/mol. The number of amidine groups is 1. The van der Waals surface area contributed by atoms with Gasteiger partial charge in [-0.1, -0.05) is 60.7 Å². The molecule has 200 valence electrons. The third-order valence-corrected chi connectivity index (χ3v) is 6.98. The minimum Gasteiger partial charge on any atom is -0.445 e. The molecule has 4 rings (SSSR count). The Balaban J connectivity index is 1.75. The molecule has 1 aromatic heterocycles. The van der Waals surface area contributed by atoms with Crippen molar-refractivity contribution >= 4 is 27.5 Å². The number of ketones is 1. The van der Waals surface area contributed by atoms with E-state index in [-0.39, 0.29) is 23.2 Å². The molecule has 1 aliphatic rings. The number of nitrogens with one attached hydrogen (secondary N) is 4. The van der Waals surface area contributed by atoms with Crippen LogP contribution in [-0.4, -0.2) is 55.8 Å². The van der Waals surface area contributed by atoms with Gasteiger partial charge in [-0.05, 0) is 30.5 Å². The van der Waals surface area contributed by atoms with Crippen LogP contribution in [-0.2, 0) is 19.6 Å². The van der Waals surface area contributed by atoms with Crippen molar-refractivity contribution in [1.82, 2.24) is 20.3 Å². The van der Waals surface area contributed by atoms with E-state index in [1.54, 1.807) is 48.5 Å². The van der Waals surface area contributed by atoms with Crippen LogP contribution in [0.25, 0.3) is 0 Å². The molecule has 0 spiro atoms. The molecule has 6 N–H and O–H groups in total. The van der Waals surface area contributed by atoms with Gasteiger partial charge in [0.2, 0.25) is 21.8 Å². The van der Waals surface area contributed by atoms with E-state index >= 15 is 0 Å². The van der Waals surface area contributed by atoms with Gasteiger partial charge in [-0.25, -0.2) is 18.1 Å². The van der Waals surface area contributed by atoms with E-state index in [9.17, 15) is 18.0 Å². The lowest BCUT2D eigenvalue weighted by Crippen LogP contribution is -2.53. The second kappa shape index (κ2) is 11.7. The van der Waals surface area contributed by atoms with Gasteiger partial charge in [-0.15, -0.1) is 0 Å². The van der Waals surface area contributed by atoms with Crippen LogP contribution in [0.5, 0.6) is 0 Å². The molecule has 38 heavy (non-hydrogen) atoms. The Bertz CT molecular complexity index is 1350. The van der Waals surface area contributed by atoms with E-state index in [1.165, 1.54) is 0 Å². The van der Waals surface area contributed by atoms with Crippen molar-refractivity contribution in [3.8, 4) is 0 Å². The van der Waals surface area contributed by atoms with E-state index in [2.05, 4.69) is 20.3 Å². The van der Waals surface area contributed by atoms with Gasteiger partial charge in [0.25, 0.3) is 0 Å². The molecule has 1 amide bonds. The first-order valence-electron chi connectivity index (χ1n) is 12.1. The first-order valence-corrected chi connectivity index (χ1v) is 14.0. The fourth-order valence-corrected chi connectivity index (χ4v) is 5.27. The molecule has 3 aromatic rings. The molecule has 3 atom stereocenters. The number of amides is 1. The van der Waals surface area contributed by atoms with Gasteiger partial charge in [0.05, 0.1) is 12.3 Å². The average molecular weight is 539 g/mol. The van der Waals surface area contributed by atoms with Gasteiger partial charge in [-0.3, -0.25) is 15.0 Å². The number of carbonyl (C=O) groups is 2. The Labute approximate surface area is 220 Å². The van der Waals surface area contributed by atoms with E-state index < -0.39 is 40.0 Å². The number of nitrogens with two attached hydrogens (primary N) is 1. The Morgan fingerprint density at radius 3 is 2.18 bits per heavy atom. The minimum absolute atomic E-state index is 0.0173. The summed E-state index contributed by atoms with van der Waals surface area (Å²) >= 11 is 0. The molecular weight excluding hydrogens is 508 g/mol. The number of hydrogen-bond donors (Lipinski definition) is 5. The number of benzene rings is 2. The van der Waals surface area contributed by atoms with Crippen LogP contribution >= 0.6 is 0 Å². The molecule has 1 aliphatic heterocycles. The fraction of sp³-hybridized carbons (Fsp3) is 0.308. The molecule has 12 heteroatoms. The van der Waals surface area contributed by atoms with Crippen molar-refractivity contribution in [2.75, 3.05) is 12.8 Å². The standard InChI is InChI=1S/C26H30N6O5S/c1-38(35,36)32-21(20(16-9-4-2-5-10-16)17-11-6-3-7-12-17)25(34)31-22(23(33)18-13-8-14-29-18)26-30-19(15-37-26)24(27)28/h2-7,9-12,15,18,20-22,29,32H,8,13-14H2,1H3,(H3,27,28)(H,31,34)/t18-,21+,22?/m0/s1. The molecule has 2 heterocycles. The predicted octanol–water partition coefficient (Wildman–Crippen LogP) is 1.19. The Morgan fingerprint density at radius 2 is 1.71 bits per heavy atom. The quantitative estimate of drug-likeness (QED) is 0.178. The molecule has 1 fully saturated rings. The fourth-order valence-electron chi connectivity index (χ4n) is 4.56. The maximum atomic E-state index is 13.9. The molecule has 1 saturated heterocycles. The zero-order valence-corrected chi connectivity index (χ0v) is 21.6. The van der Waals surface area contributed by atoms with E-state index in [0.29, 0.717) is 24.1 Å². The van der Waals surface area contributed by atoms with Gasteiger partial charge >= 0.3 is 0 Å². The van der Waals surface area contributed by atoms with Crippen molar-refractivity contribution < 1.29 is 22.4 Å². The second-order valence-electron chi connectivity index (χ2n) is 9.14. The molecule has 0 aliphatic carbocycles. The van der Waals surface area contributed by atoms with Gasteiger partial charge < -0.3 is 20.8 Å². The van der Waals surface area contributed by atoms with Crippen LogP contribution in [0.2, 0.25) is 0 Å². The van der Waals surface area contributed by atoms with Gasteiger partial charge in [-0.2, -0.15) is 0 Å². The second-order valence-corrected chi connectivity index (χ2v) is 10.9. The molecule has 11 nitrogen and oxygen atoms in total. The lowest BCUT2D eigenvalue weighted by atomic mass is 9.85. The van der Waals surface area contributed by atoms with Gasteiger partial charge in [0, 0.05) is 5.92 Å². The highest BCUT2D eigenvalue weighted by molar-refractivity contribution is 7.88. The normalized spacial score (nSPS) is 17.2. The molecular formula is C26H30N6O5S. The van der Waals surface area contributed by atoms with E-state index in [0.717, 1.165) is 18.9 Å². The van der Waals surface area contributed by atoms with Crippen molar-refractivity contribution in [3.63, 3.8) is 0 Å². The summed E-state index contributed by atoms with van der Waals surface area (Å²) in [5, 5.41) is 13.4. The van der Waals surface area contributed by atoms with E-state index in [1.807, 2.05) is 12.1 Å². The van der Waals surface area contributed by atoms with Crippen LogP contribution < -0.4 is 21.1 Å². The monoisotopic (exact) mass is 538 g/mol. The maximum Gasteiger partial charge on any atom is 0.240 e. The zero-order chi connectivity index (χ0) is 27.3. The van der Waals surface area contributed by atoms with Crippen LogP contribution in [0, 0.1) is 5.41 Å². The molecule has 0 saturated carbocycles.